The molecule has 144 valence electrons. The van der Waals surface area contributed by atoms with Crippen molar-refractivity contribution < 1.29 is 4.79 Å². The number of aromatic nitrogens is 3. The van der Waals surface area contributed by atoms with E-state index in [0.29, 0.717) is 18.8 Å². The van der Waals surface area contributed by atoms with Crippen LogP contribution in [0.4, 0.5) is 0 Å². The molecule has 1 N–H and O–H groups in total. The molecule has 1 atom stereocenters. The Hall–Kier alpha value is -1.93. The maximum absolute atomic E-state index is 13.1. The molecule has 6 nitrogen and oxygen atoms in total. The number of hydrogen-bond donors (Lipinski definition) is 1. The maximum atomic E-state index is 13.1. The number of nitrogens with one attached hydrogen (secondary N) is 1. The minimum atomic E-state index is -0.0804. The van der Waals surface area contributed by atoms with Crippen molar-refractivity contribution in [2.45, 2.75) is 6.04 Å². The average molecular weight is 426 g/mol. The van der Waals surface area contributed by atoms with Gasteiger partial charge in [-0.3, -0.25) is 4.79 Å². The quantitative estimate of drug-likeness (QED) is 0.699. The van der Waals surface area contributed by atoms with Crippen LogP contribution in [0.15, 0.2) is 48.1 Å². The first-order valence-corrected chi connectivity index (χ1v) is 9.12. The van der Waals surface area contributed by atoms with Crippen molar-refractivity contribution in [3.63, 3.8) is 0 Å². The zero-order valence-corrected chi connectivity index (χ0v) is 17.2. The molecular formula is C18H21Cl2N5OS. The Morgan fingerprint density at radius 1 is 1.26 bits per heavy atom. The first kappa shape index (κ1) is 21.4. The fourth-order valence-electron chi connectivity index (χ4n) is 3.11. The van der Waals surface area contributed by atoms with Crippen LogP contribution in [0.25, 0.3) is 10.6 Å². The number of amides is 1. The molecule has 0 bridgehead atoms. The van der Waals surface area contributed by atoms with Gasteiger partial charge in [-0.05, 0) is 0 Å². The van der Waals surface area contributed by atoms with E-state index >= 15 is 0 Å². The molecule has 0 spiro atoms. The fourth-order valence-corrected chi connectivity index (χ4v) is 3.91. The molecule has 0 aliphatic carbocycles. The van der Waals surface area contributed by atoms with Gasteiger partial charge in [0.25, 0.3) is 5.91 Å². The van der Waals surface area contributed by atoms with Gasteiger partial charge in [0, 0.05) is 50.0 Å². The van der Waals surface area contributed by atoms with Crippen LogP contribution >= 0.6 is 36.2 Å². The second-order valence-corrected chi connectivity index (χ2v) is 6.88. The summed E-state index contributed by atoms with van der Waals surface area (Å²) in [7, 11) is 1.95. The van der Waals surface area contributed by atoms with Crippen molar-refractivity contribution in [1.29, 1.82) is 0 Å². The van der Waals surface area contributed by atoms with Crippen molar-refractivity contribution in [2.24, 2.45) is 7.05 Å². The Labute approximate surface area is 174 Å². The molecule has 1 aliphatic rings. The molecule has 1 aliphatic heterocycles. The monoisotopic (exact) mass is 425 g/mol. The van der Waals surface area contributed by atoms with Gasteiger partial charge in [0.1, 0.15) is 22.6 Å². The number of nitrogens with zero attached hydrogens (tertiary/aromatic N) is 4. The number of carbonyl (C=O) groups is 1. The zero-order chi connectivity index (χ0) is 17.2. The molecule has 3 heterocycles. The lowest BCUT2D eigenvalue weighted by molar-refractivity contribution is 0.0615. The van der Waals surface area contributed by atoms with Crippen molar-refractivity contribution >= 4 is 42.1 Å². The Bertz CT molecular complexity index is 883. The molecule has 27 heavy (non-hydrogen) atoms. The third-order valence-electron chi connectivity index (χ3n) is 4.40. The first-order chi connectivity index (χ1) is 12.2. The summed E-state index contributed by atoms with van der Waals surface area (Å²) in [5.41, 5.74) is 1.54. The van der Waals surface area contributed by atoms with Crippen LogP contribution in [0.5, 0.6) is 0 Å². The second kappa shape index (κ2) is 9.32. The van der Waals surface area contributed by atoms with Crippen molar-refractivity contribution in [3.05, 3.63) is 59.6 Å². The van der Waals surface area contributed by atoms with E-state index < -0.39 is 0 Å². The summed E-state index contributed by atoms with van der Waals surface area (Å²) in [5.74, 6) is 0.854. The van der Waals surface area contributed by atoms with E-state index in [1.807, 2.05) is 58.4 Å². The van der Waals surface area contributed by atoms with Crippen molar-refractivity contribution in [1.82, 2.24) is 24.8 Å². The Balaban J connectivity index is 0.00000131. The highest BCUT2D eigenvalue weighted by molar-refractivity contribution is 7.13. The number of aryl methyl sites for hydroxylation is 1. The van der Waals surface area contributed by atoms with Gasteiger partial charge in [-0.1, -0.05) is 30.3 Å². The summed E-state index contributed by atoms with van der Waals surface area (Å²) in [6, 6.07) is 9.87. The number of halogens is 2. The van der Waals surface area contributed by atoms with Crippen LogP contribution < -0.4 is 5.32 Å². The molecule has 0 radical (unpaired) electrons. The molecule has 9 heteroatoms. The largest absolute Gasteiger partial charge is 0.336 e. The van der Waals surface area contributed by atoms with Gasteiger partial charge in [-0.15, -0.1) is 36.2 Å². The highest BCUT2D eigenvalue weighted by Gasteiger charge is 2.32. The van der Waals surface area contributed by atoms with E-state index in [-0.39, 0.29) is 36.8 Å². The van der Waals surface area contributed by atoms with E-state index in [1.165, 1.54) is 11.3 Å². The molecule has 2 aromatic heterocycles. The first-order valence-electron chi connectivity index (χ1n) is 8.24. The predicted molar refractivity (Wildman–Crippen MR) is 112 cm³/mol. The van der Waals surface area contributed by atoms with Crippen LogP contribution in [-0.2, 0) is 7.05 Å². The van der Waals surface area contributed by atoms with Gasteiger partial charge in [-0.2, -0.15) is 0 Å². The third kappa shape index (κ3) is 4.32. The summed E-state index contributed by atoms with van der Waals surface area (Å²) in [6.45, 7) is 2.13. The lowest BCUT2D eigenvalue weighted by Gasteiger charge is -2.35. The number of benzene rings is 1. The summed E-state index contributed by atoms with van der Waals surface area (Å²) in [5, 5.41) is 6.07. The molecule has 1 aromatic carbocycles. The fraction of sp³-hybridized carbons (Fsp3) is 0.278. The average Bonchev–Trinajstić information content (AvgIpc) is 3.31. The predicted octanol–water partition coefficient (Wildman–Crippen LogP) is 3.17. The number of piperazine rings is 1. The molecule has 1 amide bonds. The molecule has 3 aromatic rings. The smallest absolute Gasteiger partial charge is 0.274 e. The van der Waals surface area contributed by atoms with Crippen LogP contribution in [-0.4, -0.2) is 45.0 Å². The van der Waals surface area contributed by atoms with E-state index in [9.17, 15) is 4.79 Å². The van der Waals surface area contributed by atoms with Gasteiger partial charge in [0.05, 0.1) is 0 Å². The number of hydrogen-bond acceptors (Lipinski definition) is 5. The normalized spacial score (nSPS) is 16.3. The van der Waals surface area contributed by atoms with E-state index in [0.717, 1.165) is 22.9 Å². The molecule has 1 saturated heterocycles. The van der Waals surface area contributed by atoms with E-state index in [1.54, 1.807) is 6.20 Å². The van der Waals surface area contributed by atoms with Gasteiger partial charge >= 0.3 is 0 Å². The molecule has 4 rings (SSSR count). The highest BCUT2D eigenvalue weighted by Crippen LogP contribution is 2.27. The summed E-state index contributed by atoms with van der Waals surface area (Å²) >= 11 is 1.50. The highest BCUT2D eigenvalue weighted by atomic mass is 35.5. The van der Waals surface area contributed by atoms with Crippen LogP contribution in [0.2, 0.25) is 0 Å². The molecule has 1 unspecified atom stereocenters. The minimum Gasteiger partial charge on any atom is -0.336 e. The molecule has 1 fully saturated rings. The van der Waals surface area contributed by atoms with Gasteiger partial charge in [0.15, 0.2) is 0 Å². The number of thiazole rings is 1. The molecular weight excluding hydrogens is 405 g/mol. The number of carbonyl (C=O) groups excluding carboxylic acids is 1. The Morgan fingerprint density at radius 3 is 2.74 bits per heavy atom. The van der Waals surface area contributed by atoms with Crippen LogP contribution in [0, 0.1) is 0 Å². The van der Waals surface area contributed by atoms with Crippen LogP contribution in [0.1, 0.15) is 22.4 Å². The number of rotatable bonds is 3. The lowest BCUT2D eigenvalue weighted by atomic mass is 10.1. The van der Waals surface area contributed by atoms with E-state index in [2.05, 4.69) is 15.3 Å². The van der Waals surface area contributed by atoms with Crippen LogP contribution in [0.3, 0.4) is 0 Å². The number of imidazole rings is 1. The lowest BCUT2D eigenvalue weighted by Crippen LogP contribution is -2.49. The topological polar surface area (TPSA) is 63.1 Å². The Kier molecular flexibility index (Phi) is 7.38. The summed E-state index contributed by atoms with van der Waals surface area (Å²) in [6.07, 6.45) is 3.67. The summed E-state index contributed by atoms with van der Waals surface area (Å²) in [4.78, 5) is 23.9. The third-order valence-corrected chi connectivity index (χ3v) is 5.30. The zero-order valence-electron chi connectivity index (χ0n) is 14.7. The molecule has 0 saturated carbocycles. The van der Waals surface area contributed by atoms with Gasteiger partial charge in [-0.25, -0.2) is 9.97 Å². The van der Waals surface area contributed by atoms with Crippen molar-refractivity contribution in [3.8, 4) is 10.6 Å². The maximum Gasteiger partial charge on any atom is 0.274 e. The summed E-state index contributed by atoms with van der Waals surface area (Å²) < 4.78 is 1.97. The van der Waals surface area contributed by atoms with Crippen molar-refractivity contribution in [2.75, 3.05) is 19.6 Å². The second-order valence-electron chi connectivity index (χ2n) is 6.02. The van der Waals surface area contributed by atoms with Gasteiger partial charge < -0.3 is 14.8 Å². The van der Waals surface area contributed by atoms with Gasteiger partial charge in [0.2, 0.25) is 0 Å². The SMILES string of the molecule is Cl.Cl.Cn1ccnc1C1CNCCN1C(=O)c1csc(-c2ccccc2)n1. The van der Waals surface area contributed by atoms with E-state index in [4.69, 9.17) is 0 Å². The minimum absolute atomic E-state index is 0. The standard InChI is InChI=1S/C18H19N5OS.2ClH/c1-22-9-8-20-16(22)15-11-19-7-10-23(15)18(24)14-12-25-17(21-14)13-5-3-2-4-6-13;;/h2-6,8-9,12,15,19H,7,10-11H2,1H3;2*1H. The Morgan fingerprint density at radius 2 is 2.04 bits per heavy atom.